The minimum Gasteiger partial charge on any atom is -0.338 e. The van der Waals surface area contributed by atoms with Gasteiger partial charge in [-0.25, -0.2) is 0 Å². The standard InChI is InChI=1S/C19H20ClN3O/c20-14-3-4-17-15(5-14)16(6-18(22-17)11-1-2-11)19(24)23-9-12-7-21-8-13(12)10-23/h3-6,11-13,21H,1-2,7-10H2/t12-,13+. The number of hydrogen-bond acceptors (Lipinski definition) is 3. The molecule has 2 aliphatic heterocycles. The Bertz CT molecular complexity index is 821. The quantitative estimate of drug-likeness (QED) is 0.913. The number of amides is 1. The van der Waals surface area contributed by atoms with Crippen LogP contribution in [0.5, 0.6) is 0 Å². The van der Waals surface area contributed by atoms with E-state index in [4.69, 9.17) is 16.6 Å². The minimum absolute atomic E-state index is 0.140. The maximum Gasteiger partial charge on any atom is 0.254 e. The van der Waals surface area contributed by atoms with Gasteiger partial charge in [-0.2, -0.15) is 0 Å². The van der Waals surface area contributed by atoms with Crippen LogP contribution in [-0.2, 0) is 0 Å². The summed E-state index contributed by atoms with van der Waals surface area (Å²) in [5.74, 6) is 1.88. The van der Waals surface area contributed by atoms with Gasteiger partial charge in [-0.3, -0.25) is 9.78 Å². The Labute approximate surface area is 146 Å². The third kappa shape index (κ3) is 2.40. The van der Waals surface area contributed by atoms with Gasteiger partial charge < -0.3 is 10.2 Å². The fourth-order valence-electron chi connectivity index (χ4n) is 4.18. The molecule has 1 saturated carbocycles. The molecule has 1 aromatic carbocycles. The van der Waals surface area contributed by atoms with E-state index in [9.17, 15) is 4.79 Å². The van der Waals surface area contributed by atoms with E-state index in [0.717, 1.165) is 48.3 Å². The molecule has 5 rings (SSSR count). The molecule has 3 aliphatic rings. The Balaban J connectivity index is 1.57. The van der Waals surface area contributed by atoms with Crippen molar-refractivity contribution in [1.82, 2.24) is 15.2 Å². The van der Waals surface area contributed by atoms with Crippen LogP contribution in [-0.4, -0.2) is 42.0 Å². The summed E-state index contributed by atoms with van der Waals surface area (Å²) < 4.78 is 0. The molecule has 1 N–H and O–H groups in total. The zero-order valence-corrected chi connectivity index (χ0v) is 14.2. The van der Waals surface area contributed by atoms with Crippen molar-refractivity contribution >= 4 is 28.4 Å². The lowest BCUT2D eigenvalue weighted by molar-refractivity contribution is 0.0783. The van der Waals surface area contributed by atoms with Gasteiger partial charge in [-0.1, -0.05) is 11.6 Å². The zero-order valence-electron chi connectivity index (χ0n) is 13.5. The number of pyridine rings is 1. The maximum atomic E-state index is 13.2. The lowest BCUT2D eigenvalue weighted by atomic mass is 10.0. The summed E-state index contributed by atoms with van der Waals surface area (Å²) in [5, 5.41) is 4.96. The lowest BCUT2D eigenvalue weighted by Gasteiger charge is -2.19. The molecule has 0 radical (unpaired) electrons. The molecule has 2 atom stereocenters. The summed E-state index contributed by atoms with van der Waals surface area (Å²) >= 11 is 6.19. The van der Waals surface area contributed by atoms with Gasteiger partial charge >= 0.3 is 0 Å². The highest BCUT2D eigenvalue weighted by molar-refractivity contribution is 6.31. The molecule has 5 heteroatoms. The SMILES string of the molecule is O=C(c1cc(C2CC2)nc2ccc(Cl)cc12)N1C[C@H]2CNC[C@H]2C1. The number of nitrogens with zero attached hydrogens (tertiary/aromatic N) is 2. The van der Waals surface area contributed by atoms with E-state index in [1.54, 1.807) is 0 Å². The van der Waals surface area contributed by atoms with E-state index in [0.29, 0.717) is 22.8 Å². The third-order valence-corrected chi connectivity index (χ3v) is 5.93. The third-order valence-electron chi connectivity index (χ3n) is 5.69. The first-order valence-corrected chi connectivity index (χ1v) is 9.17. The first-order valence-electron chi connectivity index (χ1n) is 8.79. The molecule has 2 aromatic rings. The number of carbonyl (C=O) groups is 1. The second kappa shape index (κ2) is 5.43. The smallest absolute Gasteiger partial charge is 0.254 e. The number of carbonyl (C=O) groups excluding carboxylic acids is 1. The Hall–Kier alpha value is -1.65. The number of rotatable bonds is 2. The highest BCUT2D eigenvalue weighted by atomic mass is 35.5. The topological polar surface area (TPSA) is 45.2 Å². The molecular formula is C19H20ClN3O. The highest BCUT2D eigenvalue weighted by Gasteiger charge is 2.39. The molecule has 1 aliphatic carbocycles. The van der Waals surface area contributed by atoms with E-state index in [2.05, 4.69) is 5.32 Å². The van der Waals surface area contributed by atoms with E-state index >= 15 is 0 Å². The van der Waals surface area contributed by atoms with Gasteiger partial charge in [0.25, 0.3) is 5.91 Å². The highest BCUT2D eigenvalue weighted by Crippen LogP contribution is 2.40. The van der Waals surface area contributed by atoms with Gasteiger partial charge in [0, 0.05) is 48.2 Å². The van der Waals surface area contributed by atoms with E-state index in [-0.39, 0.29) is 5.91 Å². The average Bonchev–Trinajstić information content (AvgIpc) is 3.21. The number of hydrogen-bond donors (Lipinski definition) is 1. The monoisotopic (exact) mass is 341 g/mol. The normalized spacial score (nSPS) is 26.1. The van der Waals surface area contributed by atoms with Crippen molar-refractivity contribution in [2.45, 2.75) is 18.8 Å². The van der Waals surface area contributed by atoms with Crippen molar-refractivity contribution in [3.8, 4) is 0 Å². The van der Waals surface area contributed by atoms with Crippen LogP contribution in [0.2, 0.25) is 5.02 Å². The van der Waals surface area contributed by atoms with Gasteiger partial charge in [-0.05, 0) is 48.9 Å². The number of benzene rings is 1. The van der Waals surface area contributed by atoms with Gasteiger partial charge in [-0.15, -0.1) is 0 Å². The van der Waals surface area contributed by atoms with Gasteiger partial charge in [0.1, 0.15) is 0 Å². The van der Waals surface area contributed by atoms with Crippen molar-refractivity contribution in [3.63, 3.8) is 0 Å². The van der Waals surface area contributed by atoms with Gasteiger partial charge in [0.2, 0.25) is 0 Å². The predicted octanol–water partition coefficient (Wildman–Crippen LogP) is 3.06. The van der Waals surface area contributed by atoms with Crippen molar-refractivity contribution < 1.29 is 4.79 Å². The number of aromatic nitrogens is 1. The Morgan fingerprint density at radius 2 is 1.92 bits per heavy atom. The Morgan fingerprint density at radius 1 is 1.17 bits per heavy atom. The van der Waals surface area contributed by atoms with Gasteiger partial charge in [0.15, 0.2) is 0 Å². The molecule has 3 fully saturated rings. The van der Waals surface area contributed by atoms with Crippen LogP contribution in [0.1, 0.15) is 34.8 Å². The maximum absolute atomic E-state index is 13.2. The summed E-state index contributed by atoms with van der Waals surface area (Å²) in [4.78, 5) is 20.0. The Kier molecular flexibility index (Phi) is 3.32. The molecule has 0 bridgehead atoms. The van der Waals surface area contributed by atoms with E-state index < -0.39 is 0 Å². The molecule has 1 aromatic heterocycles. The van der Waals surface area contributed by atoms with Gasteiger partial charge in [0.05, 0.1) is 11.1 Å². The number of likely N-dealkylation sites (tertiary alicyclic amines) is 1. The second-order valence-corrected chi connectivity index (χ2v) is 7.86. The van der Waals surface area contributed by atoms with Crippen LogP contribution < -0.4 is 5.32 Å². The van der Waals surface area contributed by atoms with Crippen LogP contribution in [0.25, 0.3) is 10.9 Å². The van der Waals surface area contributed by atoms with Crippen LogP contribution in [0.3, 0.4) is 0 Å². The molecule has 2 saturated heterocycles. The van der Waals surface area contributed by atoms with E-state index in [1.807, 2.05) is 29.2 Å². The summed E-state index contributed by atoms with van der Waals surface area (Å²) in [6.07, 6.45) is 2.36. The molecule has 1 amide bonds. The average molecular weight is 342 g/mol. The fourth-order valence-corrected chi connectivity index (χ4v) is 4.35. The largest absolute Gasteiger partial charge is 0.338 e. The predicted molar refractivity (Wildman–Crippen MR) is 94.5 cm³/mol. The van der Waals surface area contributed by atoms with Crippen molar-refractivity contribution in [3.05, 3.63) is 40.5 Å². The van der Waals surface area contributed by atoms with Crippen LogP contribution >= 0.6 is 11.6 Å². The van der Waals surface area contributed by atoms with Crippen molar-refractivity contribution in [2.24, 2.45) is 11.8 Å². The summed E-state index contributed by atoms with van der Waals surface area (Å²) in [6.45, 7) is 3.79. The fraction of sp³-hybridized carbons (Fsp3) is 0.474. The molecule has 24 heavy (non-hydrogen) atoms. The summed E-state index contributed by atoms with van der Waals surface area (Å²) in [7, 11) is 0. The number of nitrogens with one attached hydrogen (secondary N) is 1. The zero-order chi connectivity index (χ0) is 16.3. The molecule has 0 unspecified atom stereocenters. The van der Waals surface area contributed by atoms with Crippen molar-refractivity contribution in [1.29, 1.82) is 0 Å². The first-order chi connectivity index (χ1) is 11.7. The molecule has 3 heterocycles. The summed E-state index contributed by atoms with van der Waals surface area (Å²) in [5.41, 5.74) is 2.72. The van der Waals surface area contributed by atoms with E-state index in [1.165, 1.54) is 12.8 Å². The van der Waals surface area contributed by atoms with Crippen LogP contribution in [0.15, 0.2) is 24.3 Å². The Morgan fingerprint density at radius 3 is 2.62 bits per heavy atom. The number of fused-ring (bicyclic) bond motifs is 2. The molecule has 0 spiro atoms. The molecular weight excluding hydrogens is 322 g/mol. The number of halogens is 1. The summed E-state index contributed by atoms with van der Waals surface area (Å²) in [6, 6.07) is 7.69. The van der Waals surface area contributed by atoms with Crippen LogP contribution in [0, 0.1) is 11.8 Å². The second-order valence-electron chi connectivity index (χ2n) is 7.42. The minimum atomic E-state index is 0.140. The lowest BCUT2D eigenvalue weighted by Crippen LogP contribution is -2.32. The molecule has 124 valence electrons. The van der Waals surface area contributed by atoms with Crippen LogP contribution in [0.4, 0.5) is 0 Å². The van der Waals surface area contributed by atoms with Crippen molar-refractivity contribution in [2.75, 3.05) is 26.2 Å². The molecule has 4 nitrogen and oxygen atoms in total. The first kappa shape index (κ1) is 14.7.